The van der Waals surface area contributed by atoms with E-state index in [1.165, 1.54) is 11.3 Å². The molecule has 0 fully saturated rings. The van der Waals surface area contributed by atoms with Crippen LogP contribution < -0.4 is 4.72 Å². The van der Waals surface area contributed by atoms with Crippen LogP contribution in [0.1, 0.15) is 21.6 Å². The maximum atomic E-state index is 12.4. The van der Waals surface area contributed by atoms with Crippen LogP contribution in [0.15, 0.2) is 28.7 Å². The zero-order valence-corrected chi connectivity index (χ0v) is 13.4. The summed E-state index contributed by atoms with van der Waals surface area (Å²) in [6, 6.07) is 3.79. The fourth-order valence-electron chi connectivity index (χ4n) is 2.34. The third kappa shape index (κ3) is 3.45. The van der Waals surface area contributed by atoms with E-state index >= 15 is 0 Å². The molecule has 1 aromatic carbocycles. The van der Waals surface area contributed by atoms with Crippen LogP contribution in [0.4, 0.5) is 0 Å². The molecule has 0 radical (unpaired) electrons. The molecule has 0 bridgehead atoms. The first-order chi connectivity index (χ1) is 9.40. The standard InChI is InChI=1S/C14H18N2O2S2/c1-10-6-11(2)14(12(3)7-10)20(17,18)16-5-4-13-8-15-9-19-13/h6-9,16H,4-5H2,1-3H3. The van der Waals surface area contributed by atoms with E-state index in [1.807, 2.05) is 32.9 Å². The summed E-state index contributed by atoms with van der Waals surface area (Å²) in [6.07, 6.45) is 2.43. The fraction of sp³-hybridized carbons (Fsp3) is 0.357. The third-order valence-corrected chi connectivity index (χ3v) is 5.63. The SMILES string of the molecule is Cc1cc(C)c(S(=O)(=O)NCCc2cncs2)c(C)c1. The first-order valence-electron chi connectivity index (χ1n) is 6.35. The highest BCUT2D eigenvalue weighted by atomic mass is 32.2. The van der Waals surface area contributed by atoms with Crippen LogP contribution in [0, 0.1) is 20.8 Å². The first-order valence-corrected chi connectivity index (χ1v) is 8.71. The fourth-order valence-corrected chi connectivity index (χ4v) is 4.42. The molecule has 0 unspecified atom stereocenters. The summed E-state index contributed by atoms with van der Waals surface area (Å²) < 4.78 is 27.4. The van der Waals surface area contributed by atoms with Crippen molar-refractivity contribution in [3.8, 4) is 0 Å². The molecule has 0 spiro atoms. The summed E-state index contributed by atoms with van der Waals surface area (Å²) in [4.78, 5) is 5.44. The lowest BCUT2D eigenvalue weighted by atomic mass is 10.1. The van der Waals surface area contributed by atoms with Crippen molar-refractivity contribution in [1.29, 1.82) is 0 Å². The lowest BCUT2D eigenvalue weighted by molar-refractivity contribution is 0.580. The Hall–Kier alpha value is -1.24. The summed E-state index contributed by atoms with van der Waals surface area (Å²) in [6.45, 7) is 6.01. The van der Waals surface area contributed by atoms with Gasteiger partial charge in [-0.15, -0.1) is 11.3 Å². The van der Waals surface area contributed by atoms with Gasteiger partial charge in [-0.05, 0) is 38.3 Å². The van der Waals surface area contributed by atoms with Gasteiger partial charge in [-0.1, -0.05) is 17.7 Å². The van der Waals surface area contributed by atoms with Gasteiger partial charge in [-0.3, -0.25) is 4.98 Å². The lowest BCUT2D eigenvalue weighted by Crippen LogP contribution is -2.27. The number of benzene rings is 1. The van der Waals surface area contributed by atoms with Gasteiger partial charge in [0, 0.05) is 17.6 Å². The van der Waals surface area contributed by atoms with Crippen LogP contribution in [-0.2, 0) is 16.4 Å². The second-order valence-corrected chi connectivity index (χ2v) is 7.52. The third-order valence-electron chi connectivity index (χ3n) is 3.02. The van der Waals surface area contributed by atoms with Crippen LogP contribution in [0.25, 0.3) is 0 Å². The smallest absolute Gasteiger partial charge is 0.241 e. The van der Waals surface area contributed by atoms with Gasteiger partial charge in [0.15, 0.2) is 0 Å². The van der Waals surface area contributed by atoms with E-state index < -0.39 is 10.0 Å². The number of hydrogen-bond donors (Lipinski definition) is 1. The minimum Gasteiger partial charge on any atom is -0.253 e. The molecule has 0 saturated carbocycles. The molecular formula is C14H18N2O2S2. The van der Waals surface area contributed by atoms with Crippen molar-refractivity contribution < 1.29 is 8.42 Å². The van der Waals surface area contributed by atoms with Gasteiger partial charge in [0.25, 0.3) is 0 Å². The van der Waals surface area contributed by atoms with E-state index in [-0.39, 0.29) is 0 Å². The van der Waals surface area contributed by atoms with E-state index in [2.05, 4.69) is 9.71 Å². The van der Waals surface area contributed by atoms with E-state index in [1.54, 1.807) is 11.7 Å². The van der Waals surface area contributed by atoms with Gasteiger partial charge in [-0.25, -0.2) is 13.1 Å². The second kappa shape index (κ2) is 6.03. The van der Waals surface area contributed by atoms with Crippen LogP contribution >= 0.6 is 11.3 Å². The van der Waals surface area contributed by atoms with Crippen molar-refractivity contribution in [1.82, 2.24) is 9.71 Å². The predicted octanol–water partition coefficient (Wildman–Crippen LogP) is 2.59. The van der Waals surface area contributed by atoms with Crippen molar-refractivity contribution in [2.45, 2.75) is 32.1 Å². The van der Waals surface area contributed by atoms with Crippen molar-refractivity contribution in [2.24, 2.45) is 0 Å². The Morgan fingerprint density at radius 3 is 2.40 bits per heavy atom. The highest BCUT2D eigenvalue weighted by Gasteiger charge is 2.19. The molecule has 1 N–H and O–H groups in total. The first kappa shape index (κ1) is 15.2. The Labute approximate surface area is 123 Å². The van der Waals surface area contributed by atoms with Gasteiger partial charge in [0.1, 0.15) is 0 Å². The maximum Gasteiger partial charge on any atom is 0.241 e. The number of rotatable bonds is 5. The molecule has 2 rings (SSSR count). The van der Waals surface area contributed by atoms with Crippen LogP contribution in [0.5, 0.6) is 0 Å². The minimum atomic E-state index is -3.46. The Morgan fingerprint density at radius 1 is 1.20 bits per heavy atom. The molecule has 20 heavy (non-hydrogen) atoms. The largest absolute Gasteiger partial charge is 0.253 e. The number of thiazole rings is 1. The summed E-state index contributed by atoms with van der Waals surface area (Å²) in [5.41, 5.74) is 4.39. The molecule has 0 saturated heterocycles. The van der Waals surface area contributed by atoms with E-state index in [4.69, 9.17) is 0 Å². The molecule has 108 valence electrons. The number of hydrogen-bond acceptors (Lipinski definition) is 4. The molecule has 2 aromatic rings. The highest BCUT2D eigenvalue weighted by Crippen LogP contribution is 2.21. The monoisotopic (exact) mass is 310 g/mol. The van der Waals surface area contributed by atoms with E-state index in [0.29, 0.717) is 17.9 Å². The van der Waals surface area contributed by atoms with Crippen LogP contribution in [-0.4, -0.2) is 19.9 Å². The summed E-state index contributed by atoms with van der Waals surface area (Å²) >= 11 is 1.53. The summed E-state index contributed by atoms with van der Waals surface area (Å²) in [5.74, 6) is 0. The number of aryl methyl sites for hydroxylation is 3. The summed E-state index contributed by atoms with van der Waals surface area (Å²) in [5, 5.41) is 0. The van der Waals surface area contributed by atoms with Crippen molar-refractivity contribution >= 4 is 21.4 Å². The lowest BCUT2D eigenvalue weighted by Gasteiger charge is -2.12. The van der Waals surface area contributed by atoms with Crippen LogP contribution in [0.2, 0.25) is 0 Å². The number of nitrogens with zero attached hydrogens (tertiary/aromatic N) is 1. The number of nitrogens with one attached hydrogen (secondary N) is 1. The molecule has 4 nitrogen and oxygen atoms in total. The average molecular weight is 310 g/mol. The Kier molecular flexibility index (Phi) is 4.57. The molecule has 0 aliphatic heterocycles. The normalized spacial score (nSPS) is 11.8. The zero-order valence-electron chi connectivity index (χ0n) is 11.8. The Morgan fingerprint density at radius 2 is 1.85 bits per heavy atom. The highest BCUT2D eigenvalue weighted by molar-refractivity contribution is 7.89. The zero-order chi connectivity index (χ0) is 14.8. The molecule has 0 aliphatic carbocycles. The second-order valence-electron chi connectivity index (χ2n) is 4.84. The van der Waals surface area contributed by atoms with Gasteiger partial charge in [-0.2, -0.15) is 0 Å². The maximum absolute atomic E-state index is 12.4. The van der Waals surface area contributed by atoms with Gasteiger partial charge in [0.05, 0.1) is 10.4 Å². The van der Waals surface area contributed by atoms with Crippen molar-refractivity contribution in [2.75, 3.05) is 6.54 Å². The van der Waals surface area contributed by atoms with E-state index in [0.717, 1.165) is 21.6 Å². The quantitative estimate of drug-likeness (QED) is 0.923. The molecule has 1 heterocycles. The van der Waals surface area contributed by atoms with Crippen LogP contribution in [0.3, 0.4) is 0 Å². The van der Waals surface area contributed by atoms with E-state index in [9.17, 15) is 8.42 Å². The molecule has 1 aromatic heterocycles. The minimum absolute atomic E-state index is 0.386. The molecular weight excluding hydrogens is 292 g/mol. The predicted molar refractivity (Wildman–Crippen MR) is 81.7 cm³/mol. The van der Waals surface area contributed by atoms with Gasteiger partial charge >= 0.3 is 0 Å². The molecule has 0 atom stereocenters. The van der Waals surface area contributed by atoms with Crippen molar-refractivity contribution in [3.63, 3.8) is 0 Å². The molecule has 0 amide bonds. The molecule has 6 heteroatoms. The summed E-state index contributed by atoms with van der Waals surface area (Å²) in [7, 11) is -3.46. The molecule has 0 aliphatic rings. The average Bonchev–Trinajstić information content (AvgIpc) is 2.79. The number of sulfonamides is 1. The Balaban J connectivity index is 2.14. The van der Waals surface area contributed by atoms with Gasteiger partial charge in [0.2, 0.25) is 10.0 Å². The van der Waals surface area contributed by atoms with Crippen molar-refractivity contribution in [3.05, 3.63) is 45.4 Å². The Bertz CT molecular complexity index is 669. The van der Waals surface area contributed by atoms with Gasteiger partial charge < -0.3 is 0 Å². The number of aromatic nitrogens is 1. The topological polar surface area (TPSA) is 59.1 Å².